The number of nitrogens with zero attached hydrogens (tertiary/aromatic N) is 3. The molecule has 306 valence electrons. The van der Waals surface area contributed by atoms with Crippen molar-refractivity contribution in [3.8, 4) is 67.5 Å². The van der Waals surface area contributed by atoms with E-state index in [4.69, 9.17) is 15.0 Å². The van der Waals surface area contributed by atoms with Gasteiger partial charge < -0.3 is 0 Å². The Morgan fingerprint density at radius 3 is 1.62 bits per heavy atom. The van der Waals surface area contributed by atoms with Gasteiger partial charge in [0.15, 0.2) is 17.5 Å². The number of hydrogen-bond acceptors (Lipinski definition) is 4. The summed E-state index contributed by atoms with van der Waals surface area (Å²) in [6, 6.07) is 77.1. The summed E-state index contributed by atoms with van der Waals surface area (Å²) in [6.45, 7) is 4.68. The van der Waals surface area contributed by atoms with Gasteiger partial charge in [-0.2, -0.15) is 0 Å². The van der Waals surface area contributed by atoms with Crippen LogP contribution in [0.15, 0.2) is 212 Å². The van der Waals surface area contributed by atoms with Crippen LogP contribution in [-0.2, 0) is 10.8 Å². The number of benzene rings is 9. The average Bonchev–Trinajstić information content (AvgIpc) is 3.98. The summed E-state index contributed by atoms with van der Waals surface area (Å²) in [6.07, 6.45) is 0. The van der Waals surface area contributed by atoms with Crippen molar-refractivity contribution < 1.29 is 0 Å². The molecule has 0 spiro atoms. The standard InChI is InChI=1S/C61H41N3S/c1-60(2)50-31-14-11-24-42(50)43-36-35-38(37-53(43)60)41-23-9-10-26-46(41)57-62-58(64-59(63-57)49-30-17-28-45-44-25-13-16-34-54(44)65-56(45)49)48-29-18-33-52-55(48)47-27-12-15-32-51(47)61(52,39-19-5-3-6-20-39)40-21-7-4-8-22-40/h3-37H,1-2H3. The molecule has 2 aliphatic rings. The Balaban J connectivity index is 1.08. The maximum Gasteiger partial charge on any atom is 0.165 e. The molecule has 11 aromatic rings. The average molecular weight is 848 g/mol. The number of hydrogen-bond donors (Lipinski definition) is 0. The second kappa shape index (κ2) is 14.4. The Bertz CT molecular complexity index is 3660. The molecule has 0 atom stereocenters. The molecule has 2 aliphatic carbocycles. The highest BCUT2D eigenvalue weighted by molar-refractivity contribution is 7.26. The summed E-state index contributed by atoms with van der Waals surface area (Å²) in [7, 11) is 0. The third-order valence-corrected chi connectivity index (χ3v) is 15.3. The first-order chi connectivity index (χ1) is 32.0. The molecule has 0 bridgehead atoms. The summed E-state index contributed by atoms with van der Waals surface area (Å²) in [4.78, 5) is 16.6. The Labute approximate surface area is 382 Å². The third-order valence-electron chi connectivity index (χ3n) is 14.1. The van der Waals surface area contributed by atoms with Gasteiger partial charge in [-0.3, -0.25) is 0 Å². The minimum absolute atomic E-state index is 0.133. The lowest BCUT2D eigenvalue weighted by atomic mass is 9.67. The molecule has 0 fully saturated rings. The lowest BCUT2D eigenvalue weighted by Gasteiger charge is -2.33. The van der Waals surface area contributed by atoms with Crippen molar-refractivity contribution in [2.24, 2.45) is 0 Å². The fourth-order valence-electron chi connectivity index (χ4n) is 11.1. The van der Waals surface area contributed by atoms with Crippen LogP contribution in [-0.4, -0.2) is 15.0 Å². The molecule has 0 amide bonds. The number of thiophene rings is 1. The van der Waals surface area contributed by atoms with Gasteiger partial charge in [0.05, 0.1) is 5.41 Å². The summed E-state index contributed by atoms with van der Waals surface area (Å²) in [5, 5.41) is 2.45. The largest absolute Gasteiger partial charge is 0.208 e. The Morgan fingerprint density at radius 1 is 0.354 bits per heavy atom. The third kappa shape index (κ3) is 5.51. The molecule has 13 rings (SSSR count). The first kappa shape index (κ1) is 37.7. The molecule has 9 aromatic carbocycles. The van der Waals surface area contributed by atoms with Gasteiger partial charge in [-0.1, -0.05) is 208 Å². The van der Waals surface area contributed by atoms with Gasteiger partial charge in [0.1, 0.15) is 0 Å². The van der Waals surface area contributed by atoms with Gasteiger partial charge in [0.2, 0.25) is 0 Å². The van der Waals surface area contributed by atoms with Crippen LogP contribution in [0.5, 0.6) is 0 Å². The molecule has 0 unspecified atom stereocenters. The molecule has 0 saturated carbocycles. The van der Waals surface area contributed by atoms with Crippen molar-refractivity contribution >= 4 is 31.5 Å². The maximum absolute atomic E-state index is 5.57. The predicted octanol–water partition coefficient (Wildman–Crippen LogP) is 15.6. The fourth-order valence-corrected chi connectivity index (χ4v) is 12.4. The lowest BCUT2D eigenvalue weighted by Crippen LogP contribution is -2.28. The first-order valence-electron chi connectivity index (χ1n) is 22.4. The zero-order chi connectivity index (χ0) is 43.3. The second-order valence-corrected chi connectivity index (χ2v) is 18.9. The van der Waals surface area contributed by atoms with E-state index < -0.39 is 5.41 Å². The van der Waals surface area contributed by atoms with Crippen LogP contribution in [0.2, 0.25) is 0 Å². The van der Waals surface area contributed by atoms with E-state index in [-0.39, 0.29) is 5.41 Å². The number of aromatic nitrogens is 3. The van der Waals surface area contributed by atoms with Crippen LogP contribution in [0.25, 0.3) is 87.7 Å². The van der Waals surface area contributed by atoms with Gasteiger partial charge in [-0.05, 0) is 85.0 Å². The molecule has 0 aliphatic heterocycles. The molecule has 3 nitrogen and oxygen atoms in total. The van der Waals surface area contributed by atoms with Crippen molar-refractivity contribution in [3.63, 3.8) is 0 Å². The van der Waals surface area contributed by atoms with Crippen molar-refractivity contribution in [2.45, 2.75) is 24.7 Å². The Morgan fingerprint density at radius 2 is 0.862 bits per heavy atom. The van der Waals surface area contributed by atoms with Crippen LogP contribution in [0.3, 0.4) is 0 Å². The van der Waals surface area contributed by atoms with E-state index in [0.29, 0.717) is 17.5 Å². The van der Waals surface area contributed by atoms with Crippen LogP contribution in [0, 0.1) is 0 Å². The second-order valence-electron chi connectivity index (χ2n) is 17.8. The molecule has 2 heterocycles. The zero-order valence-electron chi connectivity index (χ0n) is 36.0. The molecule has 65 heavy (non-hydrogen) atoms. The molecule has 4 heteroatoms. The van der Waals surface area contributed by atoms with Crippen LogP contribution >= 0.6 is 11.3 Å². The number of rotatable bonds is 6. The quantitative estimate of drug-likeness (QED) is 0.167. The van der Waals surface area contributed by atoms with Gasteiger partial charge in [-0.25, -0.2) is 15.0 Å². The smallest absolute Gasteiger partial charge is 0.165 e. The van der Waals surface area contributed by atoms with Gasteiger partial charge in [-0.15, -0.1) is 11.3 Å². The van der Waals surface area contributed by atoms with Crippen molar-refractivity contribution in [1.82, 2.24) is 15.0 Å². The van der Waals surface area contributed by atoms with Crippen molar-refractivity contribution in [3.05, 3.63) is 246 Å². The first-order valence-corrected chi connectivity index (χ1v) is 23.2. The normalized spacial score (nSPS) is 13.9. The van der Waals surface area contributed by atoms with Crippen LogP contribution in [0.1, 0.15) is 47.2 Å². The molecule has 0 saturated heterocycles. The highest BCUT2D eigenvalue weighted by atomic mass is 32.1. The van der Waals surface area contributed by atoms with E-state index >= 15 is 0 Å². The molecule has 2 aromatic heterocycles. The minimum Gasteiger partial charge on any atom is -0.208 e. The number of fused-ring (bicyclic) bond motifs is 9. The van der Waals surface area contributed by atoms with Gasteiger partial charge in [0.25, 0.3) is 0 Å². The van der Waals surface area contributed by atoms with Crippen LogP contribution < -0.4 is 0 Å². The SMILES string of the molecule is CC1(C)c2ccccc2-c2ccc(-c3ccccc3-c3nc(-c4cccc5c4-c4ccccc4C5(c4ccccc4)c4ccccc4)nc(-c4cccc5c4sc4ccccc45)n3)cc21. The molecular weight excluding hydrogens is 807 g/mol. The van der Waals surface area contributed by atoms with Crippen molar-refractivity contribution in [2.75, 3.05) is 0 Å². The van der Waals surface area contributed by atoms with E-state index in [0.717, 1.165) is 33.4 Å². The van der Waals surface area contributed by atoms with Crippen LogP contribution in [0.4, 0.5) is 0 Å². The van der Waals surface area contributed by atoms with E-state index in [1.165, 1.54) is 70.2 Å². The molecular formula is C61H41N3S. The minimum atomic E-state index is -0.556. The highest BCUT2D eigenvalue weighted by Gasteiger charge is 2.47. The van der Waals surface area contributed by atoms with Gasteiger partial charge >= 0.3 is 0 Å². The Kier molecular flexibility index (Phi) is 8.34. The fraction of sp³-hybridized carbons (Fsp3) is 0.0656. The molecule has 0 radical (unpaired) electrons. The lowest BCUT2D eigenvalue weighted by molar-refractivity contribution is 0.660. The topological polar surface area (TPSA) is 38.7 Å². The zero-order valence-corrected chi connectivity index (χ0v) is 36.8. The summed E-state index contributed by atoms with van der Waals surface area (Å²) >= 11 is 1.80. The summed E-state index contributed by atoms with van der Waals surface area (Å²) in [5.74, 6) is 1.94. The molecule has 0 N–H and O–H groups in total. The maximum atomic E-state index is 5.57. The summed E-state index contributed by atoms with van der Waals surface area (Å²) in [5.41, 5.74) is 17.0. The van der Waals surface area contributed by atoms with Crippen molar-refractivity contribution in [1.29, 1.82) is 0 Å². The monoisotopic (exact) mass is 847 g/mol. The predicted molar refractivity (Wildman–Crippen MR) is 269 cm³/mol. The Hall–Kier alpha value is -7.79. The van der Waals surface area contributed by atoms with Gasteiger partial charge in [0, 0.05) is 42.3 Å². The van der Waals surface area contributed by atoms with E-state index in [9.17, 15) is 0 Å². The van der Waals surface area contributed by atoms with E-state index in [1.54, 1.807) is 11.3 Å². The highest BCUT2D eigenvalue weighted by Crippen LogP contribution is 2.58. The van der Waals surface area contributed by atoms with E-state index in [2.05, 4.69) is 226 Å². The summed E-state index contributed by atoms with van der Waals surface area (Å²) < 4.78 is 2.41. The van der Waals surface area contributed by atoms with E-state index in [1.807, 2.05) is 0 Å².